The van der Waals surface area contributed by atoms with E-state index in [-0.39, 0.29) is 48.3 Å². The number of hydrogen-bond donors (Lipinski definition) is 0. The summed E-state index contributed by atoms with van der Waals surface area (Å²) in [6.07, 6.45) is 2.47. The number of benzene rings is 2. The summed E-state index contributed by atoms with van der Waals surface area (Å²) in [7, 11) is 0. The Labute approximate surface area is 206 Å². The first-order valence-electron chi connectivity index (χ1n) is 11.6. The Kier molecular flexibility index (Phi) is 6.02. The second-order valence-corrected chi connectivity index (χ2v) is 10.4. The second kappa shape index (κ2) is 8.98. The van der Waals surface area contributed by atoms with E-state index in [0.29, 0.717) is 11.6 Å². The van der Waals surface area contributed by atoms with Crippen LogP contribution in [0.3, 0.4) is 0 Å². The maximum Gasteiger partial charge on any atom is 0.316 e. The molecule has 2 aromatic rings. The third-order valence-electron chi connectivity index (χ3n) is 7.08. The molecule has 0 bridgehead atoms. The van der Waals surface area contributed by atoms with Crippen LogP contribution in [-0.4, -0.2) is 30.2 Å². The van der Waals surface area contributed by atoms with Crippen LogP contribution in [0.4, 0.5) is 11.4 Å². The lowest BCUT2D eigenvalue weighted by atomic mass is 9.76. The number of amides is 3. The number of fused-ring (bicyclic) bond motifs is 1. The molecular formula is C26H25BrN2O5. The second-order valence-electron chi connectivity index (χ2n) is 9.44. The van der Waals surface area contributed by atoms with Crippen LogP contribution >= 0.6 is 15.9 Å². The summed E-state index contributed by atoms with van der Waals surface area (Å²) in [4.78, 5) is 54.2. The molecule has 0 unspecified atom stereocenters. The first kappa shape index (κ1) is 22.8. The van der Waals surface area contributed by atoms with Crippen molar-refractivity contribution in [2.24, 2.45) is 23.7 Å². The van der Waals surface area contributed by atoms with Crippen LogP contribution in [0.15, 0.2) is 53.0 Å². The number of carbonyl (C=O) groups is 4. The molecule has 34 heavy (non-hydrogen) atoms. The molecule has 1 saturated carbocycles. The largest absolute Gasteiger partial charge is 0.426 e. The number of esters is 1. The molecule has 8 heteroatoms. The van der Waals surface area contributed by atoms with Crippen molar-refractivity contribution in [2.45, 2.75) is 32.6 Å². The smallest absolute Gasteiger partial charge is 0.316 e. The molecule has 0 spiro atoms. The number of hydrogen-bond acceptors (Lipinski definition) is 5. The van der Waals surface area contributed by atoms with E-state index in [1.54, 1.807) is 29.2 Å². The van der Waals surface area contributed by atoms with Crippen LogP contribution in [0.5, 0.6) is 5.75 Å². The van der Waals surface area contributed by atoms with E-state index in [1.807, 2.05) is 24.3 Å². The van der Waals surface area contributed by atoms with E-state index < -0.39 is 11.9 Å². The lowest BCUT2D eigenvalue weighted by Crippen LogP contribution is -2.31. The molecule has 7 nitrogen and oxygen atoms in total. The highest BCUT2D eigenvalue weighted by Gasteiger charge is 2.50. The lowest BCUT2D eigenvalue weighted by Gasteiger charge is -2.25. The molecule has 0 aromatic heterocycles. The minimum absolute atomic E-state index is 0.0687. The van der Waals surface area contributed by atoms with Crippen molar-refractivity contribution < 1.29 is 23.9 Å². The summed E-state index contributed by atoms with van der Waals surface area (Å²) in [6, 6.07) is 13.8. The molecule has 176 valence electrons. The van der Waals surface area contributed by atoms with E-state index in [0.717, 1.165) is 29.4 Å². The van der Waals surface area contributed by atoms with E-state index in [9.17, 15) is 19.2 Å². The maximum atomic E-state index is 13.0. The summed E-state index contributed by atoms with van der Waals surface area (Å²) < 4.78 is 6.49. The maximum absolute atomic E-state index is 13.0. The van der Waals surface area contributed by atoms with Crippen LogP contribution in [0.25, 0.3) is 0 Å². The van der Waals surface area contributed by atoms with E-state index >= 15 is 0 Å². The van der Waals surface area contributed by atoms with Gasteiger partial charge in [-0.2, -0.15) is 0 Å². The monoisotopic (exact) mass is 524 g/mol. The number of halogens is 1. The van der Waals surface area contributed by atoms with E-state index in [1.165, 1.54) is 4.90 Å². The zero-order valence-corrected chi connectivity index (χ0v) is 20.4. The van der Waals surface area contributed by atoms with Crippen molar-refractivity contribution in [3.05, 3.63) is 53.0 Å². The van der Waals surface area contributed by atoms with Gasteiger partial charge in [0.2, 0.25) is 17.7 Å². The van der Waals surface area contributed by atoms with Gasteiger partial charge in [-0.25, -0.2) is 4.90 Å². The molecule has 2 aliphatic heterocycles. The predicted molar refractivity (Wildman–Crippen MR) is 129 cm³/mol. The zero-order chi connectivity index (χ0) is 24.0. The number of nitrogens with zero attached hydrogens (tertiary/aromatic N) is 2. The third kappa shape index (κ3) is 4.15. The van der Waals surface area contributed by atoms with Crippen LogP contribution in [0.1, 0.15) is 32.6 Å². The van der Waals surface area contributed by atoms with Gasteiger partial charge in [-0.15, -0.1) is 0 Å². The van der Waals surface area contributed by atoms with Gasteiger partial charge in [0.1, 0.15) is 5.75 Å². The molecule has 5 rings (SSSR count). The topological polar surface area (TPSA) is 84.0 Å². The van der Waals surface area contributed by atoms with Crippen LogP contribution in [0, 0.1) is 23.7 Å². The number of carbonyl (C=O) groups excluding carboxylic acids is 4. The van der Waals surface area contributed by atoms with Gasteiger partial charge in [0.25, 0.3) is 0 Å². The van der Waals surface area contributed by atoms with Crippen LogP contribution < -0.4 is 14.5 Å². The SMILES string of the molecule is C[C@@H]1CC[C@@H]2C(=O)N(c3cccc(OC(=O)[C@@H]4CC(=O)N(c5ccc(Br)cc5)C4)c3)C(=O)[C@@H]2C1. The predicted octanol–water partition coefficient (Wildman–Crippen LogP) is 4.33. The molecule has 3 fully saturated rings. The Morgan fingerprint density at radius 1 is 0.971 bits per heavy atom. The van der Waals surface area contributed by atoms with Gasteiger partial charge in [0, 0.05) is 29.2 Å². The van der Waals surface area contributed by atoms with E-state index in [2.05, 4.69) is 22.9 Å². The fourth-order valence-corrected chi connectivity index (χ4v) is 5.53. The molecule has 3 amide bonds. The number of imide groups is 1. The van der Waals surface area contributed by atoms with Crippen molar-refractivity contribution in [1.82, 2.24) is 0 Å². The average Bonchev–Trinajstić information content (AvgIpc) is 3.32. The number of rotatable bonds is 4. The van der Waals surface area contributed by atoms with Crippen LogP contribution in [0.2, 0.25) is 0 Å². The highest BCUT2D eigenvalue weighted by molar-refractivity contribution is 9.10. The molecule has 0 radical (unpaired) electrons. The molecule has 0 N–H and O–H groups in total. The first-order valence-corrected chi connectivity index (χ1v) is 12.4. The number of anilines is 2. The summed E-state index contributed by atoms with van der Waals surface area (Å²) >= 11 is 3.38. The molecule has 2 saturated heterocycles. The summed E-state index contributed by atoms with van der Waals surface area (Å²) in [5.74, 6) is -1.43. The van der Waals surface area contributed by atoms with Crippen molar-refractivity contribution in [1.29, 1.82) is 0 Å². The standard InChI is InChI=1S/C26H25BrN2O5/c1-15-5-10-21-22(11-15)25(32)29(24(21)31)19-3-2-4-20(13-19)34-26(33)16-12-23(30)28(14-16)18-8-6-17(27)7-9-18/h2-4,6-9,13,15-16,21-22H,5,10-12,14H2,1H3/t15-,16-,21+,22-/m1/s1. The highest BCUT2D eigenvalue weighted by atomic mass is 79.9. The van der Waals surface area contributed by atoms with Gasteiger partial charge in [-0.05, 0) is 61.6 Å². The molecule has 1 aliphatic carbocycles. The quantitative estimate of drug-likeness (QED) is 0.337. The minimum Gasteiger partial charge on any atom is -0.426 e. The average molecular weight is 525 g/mol. The normalized spacial score (nSPS) is 26.7. The Morgan fingerprint density at radius 3 is 2.47 bits per heavy atom. The molecular weight excluding hydrogens is 500 g/mol. The van der Waals surface area contributed by atoms with Gasteiger partial charge in [0.15, 0.2) is 0 Å². The fourth-order valence-electron chi connectivity index (χ4n) is 5.27. The molecule has 2 heterocycles. The van der Waals surface area contributed by atoms with Gasteiger partial charge >= 0.3 is 5.97 Å². The van der Waals surface area contributed by atoms with Crippen LogP contribution in [-0.2, 0) is 19.2 Å². The summed E-state index contributed by atoms with van der Waals surface area (Å²) in [6.45, 7) is 2.35. The molecule has 2 aromatic carbocycles. The zero-order valence-electron chi connectivity index (χ0n) is 18.8. The van der Waals surface area contributed by atoms with Gasteiger partial charge < -0.3 is 9.64 Å². The van der Waals surface area contributed by atoms with Crippen molar-refractivity contribution in [3.63, 3.8) is 0 Å². The van der Waals surface area contributed by atoms with Crippen molar-refractivity contribution in [3.8, 4) is 5.75 Å². The highest BCUT2D eigenvalue weighted by Crippen LogP contribution is 2.42. The Bertz CT molecular complexity index is 1160. The lowest BCUT2D eigenvalue weighted by molar-refractivity contribution is -0.139. The third-order valence-corrected chi connectivity index (χ3v) is 7.61. The fraction of sp³-hybridized carbons (Fsp3) is 0.385. The minimum atomic E-state index is -0.598. The Hall–Kier alpha value is -3.00. The van der Waals surface area contributed by atoms with Gasteiger partial charge in [-0.3, -0.25) is 19.2 Å². The van der Waals surface area contributed by atoms with Gasteiger partial charge in [-0.1, -0.05) is 28.9 Å². The number of ether oxygens (including phenoxy) is 1. The van der Waals surface area contributed by atoms with Crippen molar-refractivity contribution in [2.75, 3.05) is 16.3 Å². The summed E-state index contributed by atoms with van der Waals surface area (Å²) in [5.41, 5.74) is 1.15. The Balaban J connectivity index is 1.28. The molecule has 3 aliphatic rings. The van der Waals surface area contributed by atoms with E-state index in [4.69, 9.17) is 4.74 Å². The van der Waals surface area contributed by atoms with Crippen molar-refractivity contribution >= 4 is 51.0 Å². The molecule has 4 atom stereocenters. The van der Waals surface area contributed by atoms with Gasteiger partial charge in [0.05, 0.1) is 23.4 Å². The Morgan fingerprint density at radius 2 is 1.71 bits per heavy atom. The first-order chi connectivity index (χ1) is 16.3. The summed E-state index contributed by atoms with van der Waals surface area (Å²) in [5, 5.41) is 0.